The van der Waals surface area contributed by atoms with Gasteiger partial charge in [0.05, 0.1) is 29.7 Å². The van der Waals surface area contributed by atoms with Gasteiger partial charge in [-0.2, -0.15) is 18.3 Å². The number of aliphatic hydroxyl groups excluding tert-OH is 1. The second kappa shape index (κ2) is 9.07. The van der Waals surface area contributed by atoms with Crippen LogP contribution in [0.4, 0.5) is 27.6 Å². The smallest absolute Gasteiger partial charge is 0.382 e. The molecular weight excluding hydrogens is 493 g/mol. The van der Waals surface area contributed by atoms with Crippen LogP contribution in [0.2, 0.25) is 0 Å². The van der Waals surface area contributed by atoms with E-state index in [1.807, 2.05) is 0 Å². The molecule has 0 bridgehead atoms. The van der Waals surface area contributed by atoms with Crippen molar-refractivity contribution < 1.29 is 27.1 Å². The Kier molecular flexibility index (Phi) is 6.15. The minimum atomic E-state index is -4.35. The molecule has 1 aliphatic carbocycles. The molecule has 2 aromatic carbocycles. The SMILES string of the molecule is Cc1cc(-c2cnc3c(NCCC(F)(F)F)cc(C4(c5cc(F)ccc5F)CC4)nn23)ccc1C(N)O. The summed E-state index contributed by atoms with van der Waals surface area (Å²) in [6.07, 6.45) is -4.02. The third-order valence-electron chi connectivity index (χ3n) is 6.76. The number of hydrogen-bond acceptors (Lipinski definition) is 5. The summed E-state index contributed by atoms with van der Waals surface area (Å²) in [7, 11) is 0. The number of fused-ring (bicyclic) bond motifs is 1. The van der Waals surface area contributed by atoms with E-state index in [2.05, 4.69) is 10.3 Å². The zero-order valence-corrected chi connectivity index (χ0v) is 19.8. The van der Waals surface area contributed by atoms with Crippen molar-refractivity contribution in [1.82, 2.24) is 14.6 Å². The predicted octanol–water partition coefficient (Wildman–Crippen LogP) is 5.38. The van der Waals surface area contributed by atoms with Crippen LogP contribution in [0, 0.1) is 18.6 Å². The Labute approximate surface area is 208 Å². The van der Waals surface area contributed by atoms with Crippen molar-refractivity contribution in [3.8, 4) is 11.3 Å². The number of nitrogens with one attached hydrogen (secondary N) is 1. The van der Waals surface area contributed by atoms with Gasteiger partial charge in [0.15, 0.2) is 5.65 Å². The minimum Gasteiger partial charge on any atom is -0.382 e. The molecule has 2 heterocycles. The third-order valence-corrected chi connectivity index (χ3v) is 6.76. The second-order valence-electron chi connectivity index (χ2n) is 9.34. The molecule has 1 saturated carbocycles. The average molecular weight is 518 g/mol. The van der Waals surface area contributed by atoms with E-state index in [0.717, 1.165) is 23.8 Å². The molecule has 1 fully saturated rings. The summed E-state index contributed by atoms with van der Waals surface area (Å²) in [5.41, 5.74) is 8.31. The molecule has 0 spiro atoms. The number of alkyl halides is 3. The Bertz CT molecular complexity index is 1480. The van der Waals surface area contributed by atoms with Gasteiger partial charge >= 0.3 is 6.18 Å². The maximum Gasteiger partial charge on any atom is 0.390 e. The van der Waals surface area contributed by atoms with E-state index in [0.29, 0.717) is 41.0 Å². The van der Waals surface area contributed by atoms with Crippen molar-refractivity contribution in [2.45, 2.75) is 44.0 Å². The van der Waals surface area contributed by atoms with Gasteiger partial charge in [-0.3, -0.25) is 0 Å². The molecule has 0 radical (unpaired) electrons. The Hall–Kier alpha value is -3.57. The van der Waals surface area contributed by atoms with Crippen molar-refractivity contribution in [3.63, 3.8) is 0 Å². The van der Waals surface area contributed by atoms with Crippen molar-refractivity contribution >= 4 is 11.3 Å². The first-order chi connectivity index (χ1) is 17.5. The summed E-state index contributed by atoms with van der Waals surface area (Å²) in [5, 5.41) is 17.3. The van der Waals surface area contributed by atoms with Gasteiger partial charge in [-0.05, 0) is 61.2 Å². The van der Waals surface area contributed by atoms with Crippen LogP contribution in [0.5, 0.6) is 0 Å². The first-order valence-electron chi connectivity index (χ1n) is 11.7. The maximum atomic E-state index is 14.8. The van der Waals surface area contributed by atoms with Gasteiger partial charge in [-0.15, -0.1) is 0 Å². The molecule has 37 heavy (non-hydrogen) atoms. The number of aliphatic hydroxyl groups is 1. The van der Waals surface area contributed by atoms with Gasteiger partial charge in [0, 0.05) is 23.1 Å². The quantitative estimate of drug-likeness (QED) is 0.226. The van der Waals surface area contributed by atoms with Crippen LogP contribution in [-0.4, -0.2) is 32.4 Å². The molecule has 5 rings (SSSR count). The molecule has 4 aromatic rings. The van der Waals surface area contributed by atoms with Crippen molar-refractivity contribution in [3.05, 3.63) is 82.7 Å². The predicted molar refractivity (Wildman–Crippen MR) is 128 cm³/mol. The number of aromatic nitrogens is 3. The highest BCUT2D eigenvalue weighted by Crippen LogP contribution is 2.54. The molecule has 6 nitrogen and oxygen atoms in total. The number of benzene rings is 2. The number of nitrogens with zero attached hydrogens (tertiary/aromatic N) is 3. The van der Waals surface area contributed by atoms with E-state index in [9.17, 15) is 27.1 Å². The fraction of sp³-hybridized carbons (Fsp3) is 0.308. The summed E-state index contributed by atoms with van der Waals surface area (Å²) in [6, 6.07) is 9.99. The lowest BCUT2D eigenvalue weighted by atomic mass is 9.91. The number of rotatable bonds is 7. The minimum absolute atomic E-state index is 0.152. The van der Waals surface area contributed by atoms with Crippen molar-refractivity contribution in [2.24, 2.45) is 5.73 Å². The highest BCUT2D eigenvalue weighted by Gasteiger charge is 2.50. The van der Waals surface area contributed by atoms with Crippen molar-refractivity contribution in [1.29, 1.82) is 0 Å². The van der Waals surface area contributed by atoms with E-state index in [4.69, 9.17) is 10.8 Å². The number of nitrogens with two attached hydrogens (primary N) is 1. The van der Waals surface area contributed by atoms with E-state index in [-0.39, 0.29) is 11.2 Å². The second-order valence-corrected chi connectivity index (χ2v) is 9.34. The number of halogens is 5. The molecule has 4 N–H and O–H groups in total. The molecule has 1 aliphatic rings. The highest BCUT2D eigenvalue weighted by molar-refractivity contribution is 5.74. The zero-order chi connectivity index (χ0) is 26.5. The van der Waals surface area contributed by atoms with E-state index in [1.165, 1.54) is 10.7 Å². The lowest BCUT2D eigenvalue weighted by molar-refractivity contribution is -0.131. The van der Waals surface area contributed by atoms with Crippen LogP contribution in [0.1, 0.15) is 47.9 Å². The first-order valence-corrected chi connectivity index (χ1v) is 11.7. The lowest BCUT2D eigenvalue weighted by Crippen LogP contribution is -2.18. The zero-order valence-electron chi connectivity index (χ0n) is 19.8. The summed E-state index contributed by atoms with van der Waals surface area (Å²) in [5.74, 6) is -1.17. The molecule has 0 amide bonds. The molecule has 1 unspecified atom stereocenters. The lowest BCUT2D eigenvalue weighted by Gasteiger charge is -2.19. The maximum absolute atomic E-state index is 14.8. The Morgan fingerprint density at radius 2 is 1.89 bits per heavy atom. The van der Waals surface area contributed by atoms with Gasteiger partial charge in [0.2, 0.25) is 0 Å². The molecular formula is C26H24F5N5O. The van der Waals surface area contributed by atoms with E-state index >= 15 is 0 Å². The largest absolute Gasteiger partial charge is 0.390 e. The fourth-order valence-electron chi connectivity index (χ4n) is 4.69. The average Bonchev–Trinajstić information content (AvgIpc) is 3.52. The number of imidazole rings is 1. The van der Waals surface area contributed by atoms with Gasteiger partial charge in [0.25, 0.3) is 0 Å². The van der Waals surface area contributed by atoms with Gasteiger partial charge in [0.1, 0.15) is 17.9 Å². The van der Waals surface area contributed by atoms with Gasteiger partial charge < -0.3 is 16.2 Å². The van der Waals surface area contributed by atoms with Crippen LogP contribution >= 0.6 is 0 Å². The van der Waals surface area contributed by atoms with Gasteiger partial charge in [-0.1, -0.05) is 12.1 Å². The number of anilines is 1. The Balaban J connectivity index is 1.65. The molecule has 11 heteroatoms. The Morgan fingerprint density at radius 1 is 1.14 bits per heavy atom. The van der Waals surface area contributed by atoms with Gasteiger partial charge in [-0.25, -0.2) is 18.3 Å². The number of aryl methyl sites for hydroxylation is 1. The monoisotopic (exact) mass is 517 g/mol. The molecule has 194 valence electrons. The van der Waals surface area contributed by atoms with Crippen LogP contribution < -0.4 is 11.1 Å². The van der Waals surface area contributed by atoms with Crippen LogP contribution in [-0.2, 0) is 5.41 Å². The van der Waals surface area contributed by atoms with Crippen molar-refractivity contribution in [2.75, 3.05) is 11.9 Å². The molecule has 0 saturated heterocycles. The summed E-state index contributed by atoms with van der Waals surface area (Å²) < 4.78 is 68.8. The normalized spacial score (nSPS) is 15.7. The Morgan fingerprint density at radius 3 is 2.54 bits per heavy atom. The highest BCUT2D eigenvalue weighted by atomic mass is 19.4. The number of hydrogen-bond donors (Lipinski definition) is 3. The third kappa shape index (κ3) is 4.76. The van der Waals surface area contributed by atoms with E-state index < -0.39 is 42.4 Å². The fourth-order valence-corrected chi connectivity index (χ4v) is 4.69. The molecule has 1 atom stereocenters. The van der Waals surface area contributed by atoms with Crippen LogP contribution in [0.3, 0.4) is 0 Å². The van der Waals surface area contributed by atoms with Crippen LogP contribution in [0.25, 0.3) is 16.9 Å². The summed E-state index contributed by atoms with van der Waals surface area (Å²) in [6.45, 7) is 1.39. The molecule has 0 aliphatic heterocycles. The van der Waals surface area contributed by atoms with E-state index in [1.54, 1.807) is 31.2 Å². The topological polar surface area (TPSA) is 88.5 Å². The summed E-state index contributed by atoms with van der Waals surface area (Å²) >= 11 is 0. The standard InChI is InChI=1S/C26H24F5N5O/c1-14-10-15(2-4-17(14)23(32)37)21-13-34-24-20(33-9-8-26(29,30)31)12-22(35-36(21)24)25(6-7-25)18-11-16(27)3-5-19(18)28/h2-5,10-13,23,33,37H,6-9,32H2,1H3. The summed E-state index contributed by atoms with van der Waals surface area (Å²) in [4.78, 5) is 4.39. The first kappa shape index (κ1) is 25.1. The molecule has 2 aromatic heterocycles. The van der Waals surface area contributed by atoms with Crippen LogP contribution in [0.15, 0.2) is 48.7 Å².